The first-order chi connectivity index (χ1) is 8.19. The van der Waals surface area contributed by atoms with Gasteiger partial charge in [0.2, 0.25) is 0 Å². The summed E-state index contributed by atoms with van der Waals surface area (Å²) in [4.78, 5) is 0. The summed E-state index contributed by atoms with van der Waals surface area (Å²) in [6, 6.07) is 7.64. The van der Waals surface area contributed by atoms with Crippen LogP contribution in [0.2, 0.25) is 0 Å². The lowest BCUT2D eigenvalue weighted by Gasteiger charge is -2.06. The first kappa shape index (κ1) is 12.7. The largest absolute Gasteiger partial charge is 0.484 e. The van der Waals surface area contributed by atoms with Crippen molar-refractivity contribution in [3.05, 3.63) is 50.8 Å². The Bertz CT molecular complexity index is 511. The summed E-state index contributed by atoms with van der Waals surface area (Å²) in [5, 5.41) is 0. The second kappa shape index (κ2) is 5.71. The summed E-state index contributed by atoms with van der Waals surface area (Å²) >= 11 is 6.82. The van der Waals surface area contributed by atoms with Crippen LogP contribution in [-0.4, -0.2) is 0 Å². The monoisotopic (exact) mass is 359 g/mol. The molecular formula is C12H11Br2NO2. The third-order valence-electron chi connectivity index (χ3n) is 2.21. The van der Waals surface area contributed by atoms with Crippen LogP contribution in [0.3, 0.4) is 0 Å². The first-order valence-electron chi connectivity index (χ1n) is 5.03. The van der Waals surface area contributed by atoms with Crippen LogP contribution in [0.4, 0.5) is 0 Å². The molecule has 90 valence electrons. The van der Waals surface area contributed by atoms with Gasteiger partial charge >= 0.3 is 0 Å². The van der Waals surface area contributed by atoms with E-state index in [0.29, 0.717) is 13.2 Å². The summed E-state index contributed by atoms with van der Waals surface area (Å²) in [5.41, 5.74) is 6.47. The van der Waals surface area contributed by atoms with E-state index in [4.69, 9.17) is 14.9 Å². The van der Waals surface area contributed by atoms with Gasteiger partial charge in [0.05, 0.1) is 10.7 Å². The number of ether oxygens (including phenoxy) is 1. The number of hydrogen-bond acceptors (Lipinski definition) is 3. The van der Waals surface area contributed by atoms with Crippen LogP contribution in [0.1, 0.15) is 11.3 Å². The highest BCUT2D eigenvalue weighted by atomic mass is 79.9. The van der Waals surface area contributed by atoms with E-state index in [-0.39, 0.29) is 0 Å². The number of rotatable bonds is 4. The van der Waals surface area contributed by atoms with Crippen LogP contribution in [0.5, 0.6) is 5.75 Å². The molecule has 1 aromatic heterocycles. The van der Waals surface area contributed by atoms with Gasteiger partial charge in [-0.2, -0.15) is 0 Å². The zero-order chi connectivity index (χ0) is 12.3. The minimum atomic E-state index is 0.389. The van der Waals surface area contributed by atoms with Gasteiger partial charge < -0.3 is 14.9 Å². The molecule has 3 nitrogen and oxygen atoms in total. The number of hydrogen-bond donors (Lipinski definition) is 1. The van der Waals surface area contributed by atoms with Crippen molar-refractivity contribution in [2.24, 2.45) is 5.73 Å². The fourth-order valence-corrected chi connectivity index (χ4v) is 2.51. The van der Waals surface area contributed by atoms with Gasteiger partial charge in [0.15, 0.2) is 0 Å². The van der Waals surface area contributed by atoms with Gasteiger partial charge in [0, 0.05) is 16.6 Å². The Hall–Kier alpha value is -0.780. The Morgan fingerprint density at radius 1 is 1.24 bits per heavy atom. The van der Waals surface area contributed by atoms with Gasteiger partial charge in [0.25, 0.3) is 0 Å². The molecule has 2 aromatic rings. The Kier molecular flexibility index (Phi) is 4.25. The molecule has 0 unspecified atom stereocenters. The van der Waals surface area contributed by atoms with E-state index in [1.165, 1.54) is 0 Å². The zero-order valence-corrected chi connectivity index (χ0v) is 12.1. The van der Waals surface area contributed by atoms with Crippen molar-refractivity contribution in [1.82, 2.24) is 0 Å². The van der Waals surface area contributed by atoms with Crippen LogP contribution in [0.25, 0.3) is 0 Å². The average Bonchev–Trinajstić information content (AvgIpc) is 2.76. The van der Waals surface area contributed by atoms with E-state index in [0.717, 1.165) is 26.0 Å². The molecule has 0 fully saturated rings. The SMILES string of the molecule is NCc1coc(COc2ccc(Br)cc2Br)c1. The zero-order valence-electron chi connectivity index (χ0n) is 8.95. The van der Waals surface area contributed by atoms with Crippen LogP contribution < -0.4 is 10.5 Å². The fraction of sp³-hybridized carbons (Fsp3) is 0.167. The van der Waals surface area contributed by atoms with Gasteiger partial charge in [-0.1, -0.05) is 15.9 Å². The molecule has 0 spiro atoms. The van der Waals surface area contributed by atoms with Crippen molar-refractivity contribution in [3.63, 3.8) is 0 Å². The number of furan rings is 1. The molecule has 0 aliphatic heterocycles. The average molecular weight is 361 g/mol. The predicted molar refractivity (Wildman–Crippen MR) is 72.8 cm³/mol. The predicted octanol–water partition coefficient (Wildman–Crippen LogP) is 3.84. The lowest BCUT2D eigenvalue weighted by Crippen LogP contribution is -1.95. The molecule has 0 aliphatic carbocycles. The summed E-state index contributed by atoms with van der Waals surface area (Å²) in [5.74, 6) is 1.54. The van der Waals surface area contributed by atoms with Crippen LogP contribution in [0, 0.1) is 0 Å². The van der Waals surface area contributed by atoms with Gasteiger partial charge in [-0.05, 0) is 40.2 Å². The summed E-state index contributed by atoms with van der Waals surface area (Å²) < 4.78 is 12.8. The van der Waals surface area contributed by atoms with Crippen molar-refractivity contribution in [3.8, 4) is 5.75 Å². The highest BCUT2D eigenvalue weighted by Gasteiger charge is 2.05. The Morgan fingerprint density at radius 3 is 2.71 bits per heavy atom. The van der Waals surface area contributed by atoms with Crippen LogP contribution in [0.15, 0.2) is 43.9 Å². The van der Waals surface area contributed by atoms with Crippen LogP contribution in [-0.2, 0) is 13.2 Å². The fourth-order valence-electron chi connectivity index (χ4n) is 1.35. The van der Waals surface area contributed by atoms with E-state index in [1.54, 1.807) is 6.26 Å². The third kappa shape index (κ3) is 3.34. The van der Waals surface area contributed by atoms with Crippen molar-refractivity contribution in [1.29, 1.82) is 0 Å². The molecule has 0 aliphatic rings. The summed E-state index contributed by atoms with van der Waals surface area (Å²) in [6.45, 7) is 0.867. The van der Waals surface area contributed by atoms with Crippen molar-refractivity contribution in [2.75, 3.05) is 0 Å². The second-order valence-corrected chi connectivity index (χ2v) is 5.26. The van der Waals surface area contributed by atoms with Crippen molar-refractivity contribution < 1.29 is 9.15 Å². The Balaban J connectivity index is 2.02. The molecule has 5 heteroatoms. The van der Waals surface area contributed by atoms with Gasteiger partial charge in [0.1, 0.15) is 18.1 Å². The van der Waals surface area contributed by atoms with Crippen molar-refractivity contribution in [2.45, 2.75) is 13.2 Å². The molecule has 0 atom stereocenters. The molecule has 0 radical (unpaired) electrons. The maximum atomic E-state index is 5.63. The molecule has 17 heavy (non-hydrogen) atoms. The maximum Gasteiger partial charge on any atom is 0.146 e. The molecule has 0 saturated heterocycles. The molecule has 0 saturated carbocycles. The standard InChI is InChI=1S/C12H11Br2NO2/c13-9-1-2-12(11(14)4-9)17-7-10-3-8(5-15)6-16-10/h1-4,6H,5,7,15H2. The topological polar surface area (TPSA) is 48.4 Å². The third-order valence-corrected chi connectivity index (χ3v) is 3.32. The van der Waals surface area contributed by atoms with E-state index in [9.17, 15) is 0 Å². The lowest BCUT2D eigenvalue weighted by atomic mass is 10.3. The molecule has 2 rings (SSSR count). The quantitative estimate of drug-likeness (QED) is 0.900. The smallest absolute Gasteiger partial charge is 0.146 e. The number of halogens is 2. The maximum absolute atomic E-state index is 5.63. The lowest BCUT2D eigenvalue weighted by molar-refractivity contribution is 0.268. The molecule has 2 N–H and O–H groups in total. The first-order valence-corrected chi connectivity index (χ1v) is 6.62. The molecule has 0 amide bonds. The van der Waals surface area contributed by atoms with E-state index < -0.39 is 0 Å². The summed E-state index contributed by atoms with van der Waals surface area (Å²) in [7, 11) is 0. The summed E-state index contributed by atoms with van der Waals surface area (Å²) in [6.07, 6.45) is 1.65. The normalized spacial score (nSPS) is 10.5. The van der Waals surface area contributed by atoms with Crippen LogP contribution >= 0.6 is 31.9 Å². The number of benzene rings is 1. The Morgan fingerprint density at radius 2 is 2.06 bits per heavy atom. The Labute approximate surface area is 116 Å². The minimum absolute atomic E-state index is 0.389. The van der Waals surface area contributed by atoms with E-state index in [2.05, 4.69) is 31.9 Å². The highest BCUT2D eigenvalue weighted by molar-refractivity contribution is 9.11. The second-order valence-electron chi connectivity index (χ2n) is 3.49. The van der Waals surface area contributed by atoms with Crippen molar-refractivity contribution >= 4 is 31.9 Å². The molecule has 1 aromatic carbocycles. The molecule has 0 bridgehead atoms. The van der Waals surface area contributed by atoms with Gasteiger partial charge in [-0.3, -0.25) is 0 Å². The molecule has 1 heterocycles. The van der Waals surface area contributed by atoms with Gasteiger partial charge in [-0.25, -0.2) is 0 Å². The van der Waals surface area contributed by atoms with Gasteiger partial charge in [-0.15, -0.1) is 0 Å². The van der Waals surface area contributed by atoms with E-state index in [1.807, 2.05) is 24.3 Å². The molecular weight excluding hydrogens is 350 g/mol. The number of nitrogens with two attached hydrogens (primary N) is 1. The highest BCUT2D eigenvalue weighted by Crippen LogP contribution is 2.28. The minimum Gasteiger partial charge on any atom is -0.484 e. The van der Waals surface area contributed by atoms with E-state index >= 15 is 0 Å².